The number of hydrogen-bond donors (Lipinski definition) is 16. The molecule has 1 aliphatic heterocycles. The fraction of sp³-hybridized carbons (Fsp3) is 0.510. The first kappa shape index (κ1) is 59.7. The van der Waals surface area contributed by atoms with Crippen LogP contribution in [0.5, 0.6) is 0 Å². The van der Waals surface area contributed by atoms with Gasteiger partial charge < -0.3 is 81.1 Å². The number of carbonyl (C=O) groups excluding carboxylic acids is 7. The molecule has 0 aliphatic carbocycles. The molecular weight excluding hydrogens is 973 g/mol. The number of aliphatic hydroxyl groups excluding tert-OH is 1. The summed E-state index contributed by atoms with van der Waals surface area (Å²) in [6.45, 7) is 1.51. The minimum Gasteiger partial charge on any atom is -0.480 e. The number of aliphatic carboxylic acids is 1. The number of benzene rings is 2. The summed E-state index contributed by atoms with van der Waals surface area (Å²) in [6.07, 6.45) is -0.0286. The highest BCUT2D eigenvalue weighted by Gasteiger charge is 2.35. The van der Waals surface area contributed by atoms with Crippen molar-refractivity contribution in [2.24, 2.45) is 38.7 Å². The average molecular weight is 1050 g/mol. The van der Waals surface area contributed by atoms with Crippen molar-refractivity contribution in [2.45, 2.75) is 132 Å². The van der Waals surface area contributed by atoms with Crippen molar-refractivity contribution < 1.29 is 48.6 Å². The van der Waals surface area contributed by atoms with Gasteiger partial charge in [-0.1, -0.05) is 48.5 Å². The molecule has 21 N–H and O–H groups in total. The lowest BCUT2D eigenvalue weighted by molar-refractivity contribution is -0.142. The number of fused-ring (bicyclic) bond motifs is 1. The molecule has 0 saturated carbocycles. The molecule has 8 atom stereocenters. The summed E-state index contributed by atoms with van der Waals surface area (Å²) in [5.74, 6) is -6.94. The van der Waals surface area contributed by atoms with Gasteiger partial charge in [-0.25, -0.2) is 4.79 Å². The second-order valence-electron chi connectivity index (χ2n) is 18.2. The summed E-state index contributed by atoms with van der Waals surface area (Å²) < 4.78 is 0. The van der Waals surface area contributed by atoms with E-state index in [-0.39, 0.29) is 109 Å². The Hall–Kier alpha value is -7.84. The molecule has 2 aromatic carbocycles. The molecule has 7 amide bonds. The second-order valence-corrected chi connectivity index (χ2v) is 18.2. The van der Waals surface area contributed by atoms with Crippen LogP contribution in [0.3, 0.4) is 0 Å². The Kier molecular flexibility index (Phi) is 24.7. The molecule has 0 bridgehead atoms. The molecule has 410 valence electrons. The number of aliphatic imine (C=N–C) groups is 2. The molecule has 2 heterocycles. The predicted octanol–water partition coefficient (Wildman–Crippen LogP) is -3.22. The number of aliphatic hydroxyl groups is 1. The van der Waals surface area contributed by atoms with Crippen LogP contribution in [0, 0.1) is 0 Å². The van der Waals surface area contributed by atoms with Gasteiger partial charge in [0.2, 0.25) is 41.4 Å². The van der Waals surface area contributed by atoms with Crippen molar-refractivity contribution in [2.75, 3.05) is 26.2 Å². The number of carbonyl (C=O) groups is 8. The fourth-order valence-electron chi connectivity index (χ4n) is 8.37. The van der Waals surface area contributed by atoms with Gasteiger partial charge in [-0.2, -0.15) is 0 Å². The number of carboxylic acids is 1. The molecule has 3 aromatic rings. The molecule has 75 heavy (non-hydrogen) atoms. The SMILES string of the molecule is CC(=O)N[C@@H](CCCN=C(N)N)C(O)N[C@H]1CCC(=O)NCCC[C@@H](C(=O)O)NC(=O)[C@H](Cc2c[nH]c3ccccc23)NC(=O)[C@H](CCCN=C(N)N)NC(=O)[C@@H](Cc2ccccc2)NC(=O)[C@H](CCCN)NC1=O. The first-order valence-electron chi connectivity index (χ1n) is 25.0. The van der Waals surface area contributed by atoms with Gasteiger partial charge in [-0.05, 0) is 81.5 Å². The van der Waals surface area contributed by atoms with E-state index in [1.54, 1.807) is 42.6 Å². The van der Waals surface area contributed by atoms with Crippen LogP contribution in [0.1, 0.15) is 82.3 Å². The summed E-state index contributed by atoms with van der Waals surface area (Å²) in [5, 5.41) is 44.1. The Morgan fingerprint density at radius 2 is 1.29 bits per heavy atom. The number of aromatic nitrogens is 1. The zero-order chi connectivity index (χ0) is 54.9. The van der Waals surface area contributed by atoms with Crippen molar-refractivity contribution in [3.05, 3.63) is 71.9 Å². The van der Waals surface area contributed by atoms with E-state index in [0.717, 1.165) is 10.9 Å². The Morgan fingerprint density at radius 3 is 1.93 bits per heavy atom. The molecule has 1 aromatic heterocycles. The monoisotopic (exact) mass is 1050 g/mol. The van der Waals surface area contributed by atoms with E-state index in [1.165, 1.54) is 6.92 Å². The Labute approximate surface area is 434 Å². The van der Waals surface area contributed by atoms with Gasteiger partial charge in [0.1, 0.15) is 36.4 Å². The second kappa shape index (κ2) is 31.0. The van der Waals surface area contributed by atoms with E-state index in [2.05, 4.69) is 57.5 Å². The van der Waals surface area contributed by atoms with Crippen molar-refractivity contribution in [1.82, 2.24) is 47.5 Å². The molecule has 1 saturated heterocycles. The molecule has 1 fully saturated rings. The first-order valence-corrected chi connectivity index (χ1v) is 25.0. The van der Waals surface area contributed by atoms with E-state index in [1.807, 2.05) is 18.2 Å². The minimum atomic E-state index is -1.58. The quantitative estimate of drug-likeness (QED) is 0.0229. The van der Waals surface area contributed by atoms with Crippen molar-refractivity contribution in [1.29, 1.82) is 0 Å². The van der Waals surface area contributed by atoms with E-state index in [9.17, 15) is 48.6 Å². The standard InChI is InChI=1S/C49H74N16O10/c1-28(66)59-33(16-8-23-56-48(51)52)41(68)62-36-19-20-40(67)55-22-10-18-37(47(74)75)63-46(73)39(26-30-27-58-32-14-6-5-13-31(30)32)65-43(70)35(17-9-24-57-49(53)54)61-45(72)38(25-29-11-3-2-4-12-29)64-42(69)34(15-7-21-50)60-44(36)71/h2-6,11-14,27,33-39,41,58,62,68H,7-10,15-26,50H2,1H3,(H,55,67)(H,59,66)(H,60,71)(H,61,72)(H,63,73)(H,64,69)(H,65,70)(H,74,75)(H4,51,52,56)(H4,53,54,57)/t33-,34-,35-,36-,37-,38+,39-,41?/m0/s1. The normalized spacial score (nSPS) is 21.6. The molecule has 0 spiro atoms. The third-order valence-electron chi connectivity index (χ3n) is 12.2. The maximum absolute atomic E-state index is 14.6. The Morgan fingerprint density at radius 1 is 0.720 bits per heavy atom. The van der Waals surface area contributed by atoms with Crippen LogP contribution in [-0.4, -0.2) is 149 Å². The molecule has 26 heteroatoms. The number of H-pyrrole nitrogens is 1. The number of nitrogens with one attached hydrogen (secondary N) is 9. The maximum Gasteiger partial charge on any atom is 0.326 e. The fourth-order valence-corrected chi connectivity index (χ4v) is 8.37. The number of hydrogen-bond acceptors (Lipinski definition) is 13. The highest BCUT2D eigenvalue weighted by atomic mass is 16.4. The topological polar surface area (TPSA) is 444 Å². The number of para-hydroxylation sites is 1. The van der Waals surface area contributed by atoms with Gasteiger partial charge in [0.15, 0.2) is 11.9 Å². The van der Waals surface area contributed by atoms with E-state index < -0.39 is 95.8 Å². The van der Waals surface area contributed by atoms with Crippen LogP contribution in [0.2, 0.25) is 0 Å². The summed E-state index contributed by atoms with van der Waals surface area (Å²) in [4.78, 5) is 121. The average Bonchev–Trinajstić information content (AvgIpc) is 3.78. The molecular formula is C49H74N16O10. The lowest BCUT2D eigenvalue weighted by Crippen LogP contribution is -2.61. The maximum atomic E-state index is 14.6. The highest BCUT2D eigenvalue weighted by molar-refractivity contribution is 5.97. The first-order chi connectivity index (χ1) is 35.8. The van der Waals surface area contributed by atoms with E-state index in [0.29, 0.717) is 17.5 Å². The van der Waals surface area contributed by atoms with Crippen LogP contribution in [0.25, 0.3) is 10.9 Å². The smallest absolute Gasteiger partial charge is 0.326 e. The number of rotatable bonds is 20. The number of nitrogens with zero attached hydrogens (tertiary/aromatic N) is 2. The van der Waals surface area contributed by atoms with E-state index in [4.69, 9.17) is 28.7 Å². The summed E-state index contributed by atoms with van der Waals surface area (Å²) in [5.41, 5.74) is 29.9. The zero-order valence-electron chi connectivity index (χ0n) is 42.1. The van der Waals surface area contributed by atoms with Crippen LogP contribution < -0.4 is 71.2 Å². The third kappa shape index (κ3) is 20.9. The molecule has 1 aliphatic rings. The highest BCUT2D eigenvalue weighted by Crippen LogP contribution is 2.20. The summed E-state index contributed by atoms with van der Waals surface area (Å²) in [7, 11) is 0. The third-order valence-corrected chi connectivity index (χ3v) is 12.2. The zero-order valence-corrected chi connectivity index (χ0v) is 42.1. The van der Waals surface area contributed by atoms with Gasteiger partial charge in [0, 0.05) is 62.9 Å². The summed E-state index contributed by atoms with van der Waals surface area (Å²) >= 11 is 0. The van der Waals surface area contributed by atoms with Gasteiger partial charge in [-0.3, -0.25) is 48.9 Å². The van der Waals surface area contributed by atoms with Crippen molar-refractivity contribution in [3.63, 3.8) is 0 Å². The van der Waals surface area contributed by atoms with Crippen LogP contribution in [0.4, 0.5) is 0 Å². The molecule has 26 nitrogen and oxygen atoms in total. The number of nitrogens with two attached hydrogens (primary N) is 5. The number of carboxylic acid groups (broad SMARTS) is 1. The number of aromatic amines is 1. The number of amides is 7. The Balaban J connectivity index is 1.77. The van der Waals surface area contributed by atoms with E-state index >= 15 is 0 Å². The van der Waals surface area contributed by atoms with Gasteiger partial charge >= 0.3 is 5.97 Å². The molecule has 0 radical (unpaired) electrons. The largest absolute Gasteiger partial charge is 0.480 e. The van der Waals surface area contributed by atoms with Crippen molar-refractivity contribution >= 4 is 70.1 Å². The van der Waals surface area contributed by atoms with Crippen LogP contribution >= 0.6 is 0 Å². The minimum absolute atomic E-state index is 0.0180. The van der Waals surface area contributed by atoms with Crippen LogP contribution in [0.15, 0.2) is 70.8 Å². The Bertz CT molecular complexity index is 2450. The van der Waals surface area contributed by atoms with Gasteiger partial charge in [0.25, 0.3) is 0 Å². The molecule has 4 rings (SSSR count). The lowest BCUT2D eigenvalue weighted by atomic mass is 10.0. The van der Waals surface area contributed by atoms with Crippen molar-refractivity contribution in [3.8, 4) is 0 Å². The van der Waals surface area contributed by atoms with Crippen LogP contribution in [-0.2, 0) is 51.2 Å². The number of guanidine groups is 2. The van der Waals surface area contributed by atoms with Gasteiger partial charge in [0.05, 0.1) is 12.1 Å². The molecule has 1 unspecified atom stereocenters. The lowest BCUT2D eigenvalue weighted by Gasteiger charge is -2.30. The van der Waals surface area contributed by atoms with Gasteiger partial charge in [-0.15, -0.1) is 0 Å². The predicted molar refractivity (Wildman–Crippen MR) is 280 cm³/mol. The summed E-state index contributed by atoms with van der Waals surface area (Å²) in [6, 6.07) is 6.61.